The van der Waals surface area contributed by atoms with Gasteiger partial charge in [-0.2, -0.15) is 4.98 Å². The average molecular weight is 279 g/mol. The summed E-state index contributed by atoms with van der Waals surface area (Å²) in [6.07, 6.45) is 1.04. The summed E-state index contributed by atoms with van der Waals surface area (Å²) in [5.41, 5.74) is 0.845. The van der Waals surface area contributed by atoms with Gasteiger partial charge in [0.25, 0.3) is 0 Å². The largest absolute Gasteiger partial charge is 0.485 e. The van der Waals surface area contributed by atoms with Crippen molar-refractivity contribution in [2.75, 3.05) is 6.54 Å². The van der Waals surface area contributed by atoms with Gasteiger partial charge in [-0.15, -0.1) is 0 Å². The van der Waals surface area contributed by atoms with E-state index < -0.39 is 0 Å². The van der Waals surface area contributed by atoms with E-state index in [1.54, 1.807) is 13.0 Å². The van der Waals surface area contributed by atoms with Crippen molar-refractivity contribution in [3.8, 4) is 5.75 Å². The van der Waals surface area contributed by atoms with Crippen LogP contribution in [0.15, 0.2) is 22.7 Å². The van der Waals surface area contributed by atoms with Gasteiger partial charge < -0.3 is 14.6 Å². The van der Waals surface area contributed by atoms with E-state index in [-0.39, 0.29) is 12.4 Å². The highest BCUT2D eigenvalue weighted by Crippen LogP contribution is 2.17. The van der Waals surface area contributed by atoms with Gasteiger partial charge in [0.05, 0.1) is 0 Å². The van der Waals surface area contributed by atoms with Gasteiger partial charge in [-0.3, -0.25) is 0 Å². The maximum Gasteiger partial charge on any atom is 0.223 e. The molecule has 2 rings (SSSR count). The van der Waals surface area contributed by atoms with Crippen LogP contribution in [0.5, 0.6) is 5.75 Å². The second kappa shape index (κ2) is 7.00. The summed E-state index contributed by atoms with van der Waals surface area (Å²) in [6, 6.07) is 4.64. The molecule has 0 aliphatic rings. The van der Waals surface area contributed by atoms with Crippen LogP contribution in [-0.2, 0) is 13.2 Å². The summed E-state index contributed by atoms with van der Waals surface area (Å²) in [4.78, 5) is 4.02. The van der Waals surface area contributed by atoms with Crippen molar-refractivity contribution in [1.29, 1.82) is 0 Å². The molecule has 0 amide bonds. The normalized spacial score (nSPS) is 10.8. The summed E-state index contributed by atoms with van der Waals surface area (Å²) < 4.78 is 23.8. The molecule has 2 aromatic rings. The Balaban J connectivity index is 1.96. The summed E-state index contributed by atoms with van der Waals surface area (Å²) in [5.74, 6) is 1.06. The highest BCUT2D eigenvalue weighted by atomic mass is 19.1. The molecule has 0 saturated heterocycles. The first kappa shape index (κ1) is 14.5. The molecule has 20 heavy (non-hydrogen) atoms. The van der Waals surface area contributed by atoms with Gasteiger partial charge >= 0.3 is 0 Å². The summed E-state index contributed by atoms with van der Waals surface area (Å²) in [7, 11) is 0. The number of aryl methyl sites for hydroxylation is 1. The highest BCUT2D eigenvalue weighted by molar-refractivity contribution is 5.29. The first-order valence-electron chi connectivity index (χ1n) is 6.59. The average Bonchev–Trinajstić information content (AvgIpc) is 2.82. The van der Waals surface area contributed by atoms with Crippen LogP contribution < -0.4 is 10.1 Å². The fourth-order valence-electron chi connectivity index (χ4n) is 1.76. The summed E-state index contributed by atoms with van der Waals surface area (Å²) in [6.45, 7) is 5.46. The molecule has 0 radical (unpaired) electrons. The SMILES string of the molecule is CCCNCc1cc(F)cc(OCc2noc(C)n2)c1. The first-order chi connectivity index (χ1) is 9.67. The molecule has 0 aliphatic heterocycles. The molecule has 0 unspecified atom stereocenters. The van der Waals surface area contributed by atoms with Gasteiger partial charge in [-0.05, 0) is 30.7 Å². The predicted molar refractivity (Wildman–Crippen MR) is 71.8 cm³/mol. The molecular formula is C14H18FN3O2. The van der Waals surface area contributed by atoms with E-state index in [0.717, 1.165) is 18.5 Å². The molecule has 6 heteroatoms. The molecule has 108 valence electrons. The van der Waals surface area contributed by atoms with E-state index in [1.807, 2.05) is 0 Å². The Kier molecular flexibility index (Phi) is 5.06. The van der Waals surface area contributed by atoms with Gasteiger partial charge in [-0.25, -0.2) is 4.39 Å². The molecule has 0 fully saturated rings. The van der Waals surface area contributed by atoms with Crippen molar-refractivity contribution in [3.05, 3.63) is 41.3 Å². The number of nitrogens with zero attached hydrogens (tertiary/aromatic N) is 2. The lowest BCUT2D eigenvalue weighted by molar-refractivity contribution is 0.284. The summed E-state index contributed by atoms with van der Waals surface area (Å²) >= 11 is 0. The molecule has 0 spiro atoms. The monoisotopic (exact) mass is 279 g/mol. The van der Waals surface area contributed by atoms with Crippen molar-refractivity contribution >= 4 is 0 Å². The van der Waals surface area contributed by atoms with Crippen LogP contribution in [0, 0.1) is 12.7 Å². The highest BCUT2D eigenvalue weighted by Gasteiger charge is 2.06. The van der Waals surface area contributed by atoms with Crippen LogP contribution in [0.1, 0.15) is 30.6 Å². The van der Waals surface area contributed by atoms with Crippen molar-refractivity contribution in [1.82, 2.24) is 15.5 Å². The zero-order chi connectivity index (χ0) is 14.4. The lowest BCUT2D eigenvalue weighted by Gasteiger charge is -2.08. The van der Waals surface area contributed by atoms with Gasteiger partial charge in [0, 0.05) is 19.5 Å². The Morgan fingerprint density at radius 2 is 2.20 bits per heavy atom. The van der Waals surface area contributed by atoms with E-state index in [2.05, 4.69) is 22.4 Å². The summed E-state index contributed by atoms with van der Waals surface area (Å²) in [5, 5.41) is 6.94. The fourth-order valence-corrected chi connectivity index (χ4v) is 1.76. The van der Waals surface area contributed by atoms with Crippen LogP contribution >= 0.6 is 0 Å². The lowest BCUT2D eigenvalue weighted by atomic mass is 10.2. The molecule has 0 aliphatic carbocycles. The predicted octanol–water partition coefficient (Wildman–Crippen LogP) is 2.60. The third kappa shape index (κ3) is 4.31. The molecular weight excluding hydrogens is 261 g/mol. The van der Waals surface area contributed by atoms with Crippen LogP contribution in [0.25, 0.3) is 0 Å². The minimum atomic E-state index is -0.319. The Morgan fingerprint density at radius 1 is 1.35 bits per heavy atom. The molecule has 0 saturated carbocycles. The van der Waals surface area contributed by atoms with Crippen molar-refractivity contribution in [2.45, 2.75) is 33.4 Å². The third-order valence-corrected chi connectivity index (χ3v) is 2.62. The second-order valence-electron chi connectivity index (χ2n) is 4.49. The van der Waals surface area contributed by atoms with Gasteiger partial charge in [-0.1, -0.05) is 12.1 Å². The van der Waals surface area contributed by atoms with E-state index >= 15 is 0 Å². The molecule has 1 aromatic carbocycles. The molecule has 5 nitrogen and oxygen atoms in total. The Labute approximate surface area is 117 Å². The third-order valence-electron chi connectivity index (χ3n) is 2.62. The number of ether oxygens (including phenoxy) is 1. The number of halogens is 1. The quantitative estimate of drug-likeness (QED) is 0.789. The number of hydrogen-bond donors (Lipinski definition) is 1. The standard InChI is InChI=1S/C14H18FN3O2/c1-3-4-16-8-11-5-12(15)7-13(6-11)19-9-14-17-10(2)20-18-14/h5-7,16H,3-4,8-9H2,1-2H3. The van der Waals surface area contributed by atoms with E-state index in [1.165, 1.54) is 12.1 Å². The molecule has 0 atom stereocenters. The topological polar surface area (TPSA) is 60.2 Å². The van der Waals surface area contributed by atoms with Crippen molar-refractivity contribution in [3.63, 3.8) is 0 Å². The van der Waals surface area contributed by atoms with E-state index in [9.17, 15) is 4.39 Å². The molecule has 1 N–H and O–H groups in total. The van der Waals surface area contributed by atoms with Crippen LogP contribution in [0.3, 0.4) is 0 Å². The van der Waals surface area contributed by atoms with Gasteiger partial charge in [0.2, 0.25) is 11.7 Å². The van der Waals surface area contributed by atoms with Crippen molar-refractivity contribution < 1.29 is 13.7 Å². The van der Waals surface area contributed by atoms with Gasteiger partial charge in [0.1, 0.15) is 11.6 Å². The number of benzene rings is 1. The molecule has 1 heterocycles. The first-order valence-corrected chi connectivity index (χ1v) is 6.59. The zero-order valence-electron chi connectivity index (χ0n) is 11.6. The number of nitrogens with one attached hydrogen (secondary N) is 1. The lowest BCUT2D eigenvalue weighted by Crippen LogP contribution is -2.14. The van der Waals surface area contributed by atoms with Gasteiger partial charge in [0.15, 0.2) is 6.61 Å². The number of aromatic nitrogens is 2. The minimum Gasteiger partial charge on any atom is -0.485 e. The number of hydrogen-bond acceptors (Lipinski definition) is 5. The van der Waals surface area contributed by atoms with Crippen molar-refractivity contribution in [2.24, 2.45) is 0 Å². The molecule has 1 aromatic heterocycles. The van der Waals surface area contributed by atoms with Crippen LogP contribution in [0.4, 0.5) is 4.39 Å². The van der Waals surface area contributed by atoms with Crippen LogP contribution in [0.2, 0.25) is 0 Å². The maximum atomic E-state index is 13.5. The van der Waals surface area contributed by atoms with E-state index in [4.69, 9.17) is 9.26 Å². The molecule has 0 bridgehead atoms. The maximum absolute atomic E-state index is 13.5. The fraction of sp³-hybridized carbons (Fsp3) is 0.429. The van der Waals surface area contributed by atoms with Crippen LogP contribution in [-0.4, -0.2) is 16.7 Å². The number of rotatable bonds is 7. The zero-order valence-corrected chi connectivity index (χ0v) is 11.6. The second-order valence-corrected chi connectivity index (χ2v) is 4.49. The van der Waals surface area contributed by atoms with E-state index in [0.29, 0.717) is 24.0 Å². The Morgan fingerprint density at radius 3 is 2.90 bits per heavy atom. The Hall–Kier alpha value is -1.95. The minimum absolute atomic E-state index is 0.155. The Bertz CT molecular complexity index is 557. The smallest absolute Gasteiger partial charge is 0.223 e.